The van der Waals surface area contributed by atoms with Crippen LogP contribution in [0.1, 0.15) is 93.6 Å². The third-order valence-electron chi connectivity index (χ3n) is 9.88. The van der Waals surface area contributed by atoms with Gasteiger partial charge in [0.2, 0.25) is 0 Å². The van der Waals surface area contributed by atoms with Crippen molar-refractivity contribution in [1.29, 1.82) is 0 Å². The number of hydrogen-bond donors (Lipinski definition) is 1. The summed E-state index contributed by atoms with van der Waals surface area (Å²) in [5, 5.41) is 13.5. The van der Waals surface area contributed by atoms with Gasteiger partial charge in [0.1, 0.15) is 17.7 Å². The molecule has 0 aliphatic carbocycles. The molecule has 47 heavy (non-hydrogen) atoms. The van der Waals surface area contributed by atoms with Gasteiger partial charge in [-0.2, -0.15) is 0 Å². The molecule has 0 saturated heterocycles. The molecule has 0 bridgehead atoms. The molecule has 0 aliphatic rings. The smallest absolute Gasteiger partial charge is 0.164 e. The molecule has 6 heteroatoms. The monoisotopic (exact) mass is 810 g/mol. The molecule has 3 aromatic carbocycles. The van der Waals surface area contributed by atoms with Crippen molar-refractivity contribution in [1.82, 2.24) is 9.97 Å². The Morgan fingerprint density at radius 3 is 2.11 bits per heavy atom. The van der Waals surface area contributed by atoms with Crippen molar-refractivity contribution in [2.24, 2.45) is 10.8 Å². The molecule has 0 fully saturated rings. The van der Waals surface area contributed by atoms with E-state index in [1.165, 1.54) is 17.0 Å². The van der Waals surface area contributed by atoms with Crippen LogP contribution in [0.2, 0.25) is 0 Å². The molecule has 0 atom stereocenters. The van der Waals surface area contributed by atoms with Crippen LogP contribution in [0, 0.1) is 16.9 Å². The van der Waals surface area contributed by atoms with E-state index in [0.29, 0.717) is 0 Å². The average molecular weight is 810 g/mol. The van der Waals surface area contributed by atoms with E-state index in [-0.39, 0.29) is 47.9 Å². The standard InChI is InChI=1S/C26H21N2O.C15H28O2.Ir/c1-26(2,3)22-14-19(13-18-7-4-5-9-20(18)22)23-15-24(28-16-27-23)21-10-6-8-17-11-12-29-25(17)21;1-7-14(5,8-2)12(16)11-13(17)15(6,9-3)10-4;/h4-12,14-16H,1-3H3;11,16H,7-10H2,1-6H3;/q-1;;/b;12-11-;. The fourth-order valence-corrected chi connectivity index (χ4v) is 5.52. The zero-order valence-corrected chi connectivity index (χ0v) is 31.7. The van der Waals surface area contributed by atoms with E-state index in [1.54, 1.807) is 12.6 Å². The molecular formula is C41H49IrN2O3-. The number of furan rings is 1. The van der Waals surface area contributed by atoms with Crippen LogP contribution in [-0.4, -0.2) is 20.9 Å². The molecule has 0 saturated carbocycles. The summed E-state index contributed by atoms with van der Waals surface area (Å²) in [6.07, 6.45) is 8.08. The van der Waals surface area contributed by atoms with Crippen molar-refractivity contribution >= 4 is 27.5 Å². The third-order valence-corrected chi connectivity index (χ3v) is 9.88. The van der Waals surface area contributed by atoms with Crippen molar-refractivity contribution in [2.45, 2.75) is 93.4 Å². The summed E-state index contributed by atoms with van der Waals surface area (Å²) in [5.41, 5.74) is 5.18. The summed E-state index contributed by atoms with van der Waals surface area (Å²) in [6.45, 7) is 18.8. The summed E-state index contributed by atoms with van der Waals surface area (Å²) >= 11 is 0. The Morgan fingerprint density at radius 1 is 0.830 bits per heavy atom. The van der Waals surface area contributed by atoms with Gasteiger partial charge < -0.3 is 9.52 Å². The van der Waals surface area contributed by atoms with E-state index in [0.717, 1.165) is 64.6 Å². The molecule has 2 heterocycles. The number of aromatic nitrogens is 2. The summed E-state index contributed by atoms with van der Waals surface area (Å²) in [4.78, 5) is 21.3. The summed E-state index contributed by atoms with van der Waals surface area (Å²) < 4.78 is 5.70. The molecule has 2 aromatic heterocycles. The van der Waals surface area contributed by atoms with Gasteiger partial charge in [-0.25, -0.2) is 4.98 Å². The first-order valence-corrected chi connectivity index (χ1v) is 16.5. The van der Waals surface area contributed by atoms with E-state index in [1.807, 2.05) is 71.9 Å². The number of fused-ring (bicyclic) bond motifs is 2. The van der Waals surface area contributed by atoms with Gasteiger partial charge in [0.15, 0.2) is 5.78 Å². The second-order valence-electron chi connectivity index (χ2n) is 13.8. The van der Waals surface area contributed by atoms with Crippen molar-refractivity contribution in [3.05, 3.63) is 96.7 Å². The zero-order chi connectivity index (χ0) is 33.7. The predicted octanol–water partition coefficient (Wildman–Crippen LogP) is 11.5. The van der Waals surface area contributed by atoms with Crippen LogP contribution in [0.5, 0.6) is 0 Å². The maximum atomic E-state index is 12.2. The van der Waals surface area contributed by atoms with E-state index in [9.17, 15) is 9.90 Å². The Morgan fingerprint density at radius 2 is 1.47 bits per heavy atom. The molecule has 251 valence electrons. The first kappa shape index (κ1) is 37.9. The van der Waals surface area contributed by atoms with E-state index >= 15 is 0 Å². The predicted molar refractivity (Wildman–Crippen MR) is 191 cm³/mol. The molecule has 5 rings (SSSR count). The number of carbonyl (C=O) groups excluding carboxylic acids is 1. The normalized spacial score (nSPS) is 12.4. The minimum atomic E-state index is -0.337. The number of carbonyl (C=O) groups is 1. The zero-order valence-electron chi connectivity index (χ0n) is 29.3. The van der Waals surface area contributed by atoms with Gasteiger partial charge in [-0.1, -0.05) is 104 Å². The number of aliphatic hydroxyl groups is 1. The van der Waals surface area contributed by atoms with Crippen LogP contribution in [0.15, 0.2) is 89.5 Å². The number of ketones is 1. The van der Waals surface area contributed by atoms with Crippen LogP contribution in [0.3, 0.4) is 0 Å². The molecule has 1 N–H and O–H groups in total. The molecule has 0 unspecified atom stereocenters. The third kappa shape index (κ3) is 8.28. The first-order chi connectivity index (χ1) is 21.8. The molecule has 0 amide bonds. The SMILES string of the molecule is CC(C)(C)c1cc(-c2cc(-c3cccc4ccoc34)ncn2)[c-]c2ccccc12.CCC(C)(CC)C(=O)/C=C(\O)C(C)(CC)CC.[Ir]. The van der Waals surface area contributed by atoms with E-state index in [2.05, 4.69) is 67.1 Å². The minimum Gasteiger partial charge on any atom is -0.512 e. The van der Waals surface area contributed by atoms with Gasteiger partial charge >= 0.3 is 0 Å². The molecule has 1 radical (unpaired) electrons. The van der Waals surface area contributed by atoms with Gasteiger partial charge in [0.05, 0.1) is 12.0 Å². The maximum absolute atomic E-state index is 12.2. The molecular weight excluding hydrogens is 761 g/mol. The maximum Gasteiger partial charge on any atom is 0.164 e. The van der Waals surface area contributed by atoms with Crippen LogP contribution in [0.25, 0.3) is 44.3 Å². The van der Waals surface area contributed by atoms with Gasteiger partial charge in [0.25, 0.3) is 0 Å². The summed E-state index contributed by atoms with van der Waals surface area (Å²) in [6, 6.07) is 24.3. The van der Waals surface area contributed by atoms with Gasteiger partial charge in [0, 0.05) is 53.7 Å². The van der Waals surface area contributed by atoms with E-state index in [4.69, 9.17) is 4.42 Å². The van der Waals surface area contributed by atoms with Crippen LogP contribution in [0.4, 0.5) is 0 Å². The Labute approximate surface area is 294 Å². The number of benzene rings is 3. The number of para-hydroxylation sites is 1. The largest absolute Gasteiger partial charge is 0.512 e. The van der Waals surface area contributed by atoms with Gasteiger partial charge in [-0.05, 0) is 49.3 Å². The number of nitrogens with zero attached hydrogens (tertiary/aromatic N) is 2. The van der Waals surface area contributed by atoms with Crippen LogP contribution in [-0.2, 0) is 30.3 Å². The van der Waals surface area contributed by atoms with Crippen molar-refractivity contribution in [3.8, 4) is 22.5 Å². The van der Waals surface area contributed by atoms with Gasteiger partial charge in [-0.3, -0.25) is 9.78 Å². The fraction of sp³-hybridized carbons (Fsp3) is 0.390. The van der Waals surface area contributed by atoms with E-state index < -0.39 is 0 Å². The number of hydrogen-bond acceptors (Lipinski definition) is 5. The van der Waals surface area contributed by atoms with Crippen molar-refractivity contribution < 1.29 is 34.4 Å². The number of rotatable bonds is 9. The Hall–Kier alpha value is -3.60. The number of aliphatic hydroxyl groups excluding tert-OH is 1. The van der Waals surface area contributed by atoms with Gasteiger partial charge in [-0.15, -0.1) is 29.1 Å². The fourth-order valence-electron chi connectivity index (χ4n) is 5.52. The summed E-state index contributed by atoms with van der Waals surface area (Å²) in [7, 11) is 0. The summed E-state index contributed by atoms with van der Waals surface area (Å²) in [5.74, 6) is 0.286. The Balaban J connectivity index is 0.000000290. The second-order valence-corrected chi connectivity index (χ2v) is 13.8. The molecule has 0 spiro atoms. The average Bonchev–Trinajstić information content (AvgIpc) is 3.56. The Bertz CT molecular complexity index is 1840. The molecule has 5 aromatic rings. The molecule has 0 aliphatic heterocycles. The minimum absolute atomic E-state index is 0. The van der Waals surface area contributed by atoms with Crippen molar-refractivity contribution in [3.63, 3.8) is 0 Å². The number of allylic oxidation sites excluding steroid dienone is 2. The Kier molecular flexibility index (Phi) is 12.5. The van der Waals surface area contributed by atoms with Crippen molar-refractivity contribution in [2.75, 3.05) is 0 Å². The molecule has 5 nitrogen and oxygen atoms in total. The van der Waals surface area contributed by atoms with Crippen LogP contribution >= 0.6 is 0 Å². The second kappa shape index (κ2) is 15.5. The van der Waals surface area contributed by atoms with Crippen LogP contribution < -0.4 is 0 Å². The quantitative estimate of drug-likeness (QED) is 0.0912. The first-order valence-electron chi connectivity index (χ1n) is 16.5. The topological polar surface area (TPSA) is 76.2 Å².